The van der Waals surface area contributed by atoms with E-state index in [1.54, 1.807) is 30.3 Å². The number of benzene rings is 2. The minimum Gasteiger partial charge on any atom is -0.506 e. The number of carbonyl (C=O) groups excluding carboxylic acids is 1. The smallest absolute Gasteiger partial charge is 0.277 e. The summed E-state index contributed by atoms with van der Waals surface area (Å²) in [5, 5.41) is 16.9. The quantitative estimate of drug-likeness (QED) is 0.648. The van der Waals surface area contributed by atoms with Crippen molar-refractivity contribution in [2.45, 2.75) is 6.92 Å². The van der Waals surface area contributed by atoms with E-state index in [9.17, 15) is 9.90 Å². The summed E-state index contributed by atoms with van der Waals surface area (Å²) in [5.41, 5.74) is 1.94. The van der Waals surface area contributed by atoms with Crippen molar-refractivity contribution in [3.05, 3.63) is 63.8 Å². The van der Waals surface area contributed by atoms with Gasteiger partial charge in [-0.3, -0.25) is 4.79 Å². The number of hydrogen-bond donors (Lipinski definition) is 2. The average molecular weight is 363 g/mol. The van der Waals surface area contributed by atoms with Crippen molar-refractivity contribution in [2.24, 2.45) is 0 Å². The molecule has 3 aromatic rings. The van der Waals surface area contributed by atoms with E-state index >= 15 is 0 Å². The van der Waals surface area contributed by atoms with Crippen molar-refractivity contribution < 1.29 is 14.4 Å². The highest BCUT2D eigenvalue weighted by Crippen LogP contribution is 2.29. The van der Waals surface area contributed by atoms with Crippen LogP contribution in [0, 0.1) is 6.92 Å². The minimum atomic E-state index is -0.494. The second-order valence-electron chi connectivity index (χ2n) is 5.18. The first-order chi connectivity index (χ1) is 11.4. The van der Waals surface area contributed by atoms with Crippen molar-refractivity contribution in [3.8, 4) is 17.1 Å². The summed E-state index contributed by atoms with van der Waals surface area (Å²) >= 11 is 11.8. The zero-order chi connectivity index (χ0) is 17.3. The third-order valence-electron chi connectivity index (χ3n) is 3.35. The van der Waals surface area contributed by atoms with Crippen LogP contribution >= 0.6 is 23.2 Å². The van der Waals surface area contributed by atoms with Crippen LogP contribution < -0.4 is 5.32 Å². The monoisotopic (exact) mass is 362 g/mol. The minimum absolute atomic E-state index is 0.0258. The zero-order valence-corrected chi connectivity index (χ0v) is 14.0. The van der Waals surface area contributed by atoms with Gasteiger partial charge in [-0.1, -0.05) is 34.4 Å². The molecule has 5 nitrogen and oxygen atoms in total. The van der Waals surface area contributed by atoms with Crippen molar-refractivity contribution in [2.75, 3.05) is 5.32 Å². The van der Waals surface area contributed by atoms with Gasteiger partial charge in [-0.15, -0.1) is 0 Å². The van der Waals surface area contributed by atoms with Crippen molar-refractivity contribution >= 4 is 34.8 Å². The van der Waals surface area contributed by atoms with Gasteiger partial charge in [0, 0.05) is 11.6 Å². The van der Waals surface area contributed by atoms with Crippen LogP contribution in [0.25, 0.3) is 11.3 Å². The van der Waals surface area contributed by atoms with E-state index in [4.69, 9.17) is 27.7 Å². The van der Waals surface area contributed by atoms with Crippen LogP contribution in [0.1, 0.15) is 16.1 Å². The number of nitrogens with zero attached hydrogens (tertiary/aromatic N) is 1. The molecular weight excluding hydrogens is 351 g/mol. The maximum absolute atomic E-state index is 12.3. The fourth-order valence-corrected chi connectivity index (χ4v) is 2.40. The largest absolute Gasteiger partial charge is 0.506 e. The van der Waals surface area contributed by atoms with Crippen LogP contribution in [0.4, 0.5) is 5.69 Å². The van der Waals surface area contributed by atoms with Crippen LogP contribution in [-0.4, -0.2) is 16.2 Å². The zero-order valence-electron chi connectivity index (χ0n) is 12.5. The van der Waals surface area contributed by atoms with Gasteiger partial charge in [0.05, 0.1) is 15.7 Å². The molecule has 0 aliphatic carbocycles. The number of aromatic nitrogens is 1. The van der Waals surface area contributed by atoms with Gasteiger partial charge in [0.15, 0.2) is 11.5 Å². The van der Waals surface area contributed by atoms with Gasteiger partial charge in [-0.05, 0) is 42.8 Å². The number of phenolic OH excluding ortho intramolecular Hbond substituents is 1. The summed E-state index contributed by atoms with van der Waals surface area (Å²) in [5.74, 6) is -0.139. The molecule has 0 fully saturated rings. The highest BCUT2D eigenvalue weighted by Gasteiger charge is 2.16. The van der Waals surface area contributed by atoms with Crippen molar-refractivity contribution in [1.29, 1.82) is 0 Å². The van der Waals surface area contributed by atoms with Crippen molar-refractivity contribution in [1.82, 2.24) is 5.16 Å². The van der Waals surface area contributed by atoms with Gasteiger partial charge in [0.1, 0.15) is 5.75 Å². The molecule has 2 aromatic carbocycles. The van der Waals surface area contributed by atoms with E-state index in [0.717, 1.165) is 5.56 Å². The SMILES string of the molecule is Cc1ccc(O)c(NC(=O)c2cc(-c3ccc(Cl)c(Cl)c3)on2)c1. The van der Waals surface area contributed by atoms with Crippen LogP contribution in [0.5, 0.6) is 5.75 Å². The first kappa shape index (κ1) is 16.4. The lowest BCUT2D eigenvalue weighted by Crippen LogP contribution is -2.12. The molecule has 122 valence electrons. The number of anilines is 1. The van der Waals surface area contributed by atoms with E-state index in [-0.39, 0.29) is 11.4 Å². The van der Waals surface area contributed by atoms with Gasteiger partial charge in [0.2, 0.25) is 0 Å². The Labute approximate surface area is 147 Å². The Morgan fingerprint density at radius 2 is 1.92 bits per heavy atom. The molecule has 0 spiro atoms. The molecule has 24 heavy (non-hydrogen) atoms. The molecule has 1 amide bonds. The summed E-state index contributed by atoms with van der Waals surface area (Å²) in [4.78, 5) is 12.3. The van der Waals surface area contributed by atoms with Gasteiger partial charge >= 0.3 is 0 Å². The topological polar surface area (TPSA) is 75.4 Å². The van der Waals surface area contributed by atoms with Crippen molar-refractivity contribution in [3.63, 3.8) is 0 Å². The first-order valence-corrected chi connectivity index (χ1v) is 7.73. The molecule has 0 aliphatic rings. The van der Waals surface area contributed by atoms with Gasteiger partial charge in [-0.2, -0.15) is 0 Å². The van der Waals surface area contributed by atoms with Crippen LogP contribution in [-0.2, 0) is 0 Å². The number of aryl methyl sites for hydroxylation is 1. The maximum Gasteiger partial charge on any atom is 0.277 e. The number of hydrogen-bond acceptors (Lipinski definition) is 4. The Morgan fingerprint density at radius 1 is 1.12 bits per heavy atom. The maximum atomic E-state index is 12.3. The predicted molar refractivity (Wildman–Crippen MR) is 92.8 cm³/mol. The molecule has 3 rings (SSSR count). The van der Waals surface area contributed by atoms with E-state index < -0.39 is 5.91 Å². The Hall–Kier alpha value is -2.50. The Balaban J connectivity index is 1.83. The number of carbonyl (C=O) groups is 1. The van der Waals surface area contributed by atoms with E-state index in [1.165, 1.54) is 12.1 Å². The summed E-state index contributed by atoms with van der Waals surface area (Å²) < 4.78 is 5.18. The predicted octanol–water partition coefficient (Wildman–Crippen LogP) is 4.91. The molecule has 0 unspecified atom stereocenters. The molecule has 1 heterocycles. The van der Waals surface area contributed by atoms with Crippen LogP contribution in [0.3, 0.4) is 0 Å². The van der Waals surface area contributed by atoms with Gasteiger partial charge < -0.3 is 14.9 Å². The molecule has 0 saturated carbocycles. The third-order valence-corrected chi connectivity index (χ3v) is 4.09. The number of nitrogens with one attached hydrogen (secondary N) is 1. The molecule has 0 radical (unpaired) electrons. The average Bonchev–Trinajstić information content (AvgIpc) is 3.03. The third kappa shape index (κ3) is 3.37. The number of aromatic hydroxyl groups is 1. The molecular formula is C17H12Cl2N2O3. The number of phenols is 1. The second kappa shape index (κ2) is 6.55. The highest BCUT2D eigenvalue weighted by atomic mass is 35.5. The molecule has 1 aromatic heterocycles. The fourth-order valence-electron chi connectivity index (χ4n) is 2.10. The summed E-state index contributed by atoms with van der Waals surface area (Å²) in [6.45, 7) is 1.85. The fraction of sp³-hybridized carbons (Fsp3) is 0.0588. The highest BCUT2D eigenvalue weighted by molar-refractivity contribution is 6.42. The molecule has 7 heteroatoms. The summed E-state index contributed by atoms with van der Waals surface area (Å²) in [6, 6.07) is 11.4. The molecule has 0 atom stereocenters. The lowest BCUT2D eigenvalue weighted by molar-refractivity contribution is 0.101. The lowest BCUT2D eigenvalue weighted by atomic mass is 10.1. The number of amides is 1. The lowest BCUT2D eigenvalue weighted by Gasteiger charge is -2.06. The molecule has 0 aliphatic heterocycles. The standard InChI is InChI=1S/C17H12Cl2N2O3/c1-9-2-5-15(22)13(6-9)20-17(23)14-8-16(24-21-14)10-3-4-11(18)12(19)7-10/h2-8,22H,1H3,(H,20,23). The Morgan fingerprint density at radius 3 is 2.67 bits per heavy atom. The first-order valence-electron chi connectivity index (χ1n) is 6.97. The summed E-state index contributed by atoms with van der Waals surface area (Å²) in [6.07, 6.45) is 0. The van der Waals surface area contributed by atoms with Crippen LogP contribution in [0.2, 0.25) is 10.0 Å². The Bertz CT molecular complexity index is 922. The van der Waals surface area contributed by atoms with Crippen LogP contribution in [0.15, 0.2) is 47.0 Å². The van der Waals surface area contributed by atoms with Gasteiger partial charge in [0.25, 0.3) is 5.91 Å². The van der Waals surface area contributed by atoms with E-state index in [1.807, 2.05) is 6.92 Å². The van der Waals surface area contributed by atoms with Gasteiger partial charge in [-0.25, -0.2) is 0 Å². The van der Waals surface area contributed by atoms with E-state index in [2.05, 4.69) is 10.5 Å². The normalized spacial score (nSPS) is 10.6. The molecule has 0 bridgehead atoms. The van der Waals surface area contributed by atoms with E-state index in [0.29, 0.717) is 27.1 Å². The summed E-state index contributed by atoms with van der Waals surface area (Å²) in [7, 11) is 0. The Kier molecular flexibility index (Phi) is 4.46. The number of rotatable bonds is 3. The molecule has 2 N–H and O–H groups in total. The molecule has 0 saturated heterocycles. The number of halogens is 2. The second-order valence-corrected chi connectivity index (χ2v) is 5.99.